The fraction of sp³-hybridized carbons (Fsp3) is 0.346. The van der Waals surface area contributed by atoms with Gasteiger partial charge in [-0.2, -0.15) is 0 Å². The molecule has 0 unspecified atom stereocenters. The molecule has 1 saturated heterocycles. The van der Waals surface area contributed by atoms with E-state index < -0.39 is 22.0 Å². The topological polar surface area (TPSA) is 108 Å². The van der Waals surface area contributed by atoms with E-state index in [0.29, 0.717) is 37.1 Å². The molecule has 4 rings (SSSR count). The van der Waals surface area contributed by atoms with Crippen molar-refractivity contribution in [2.75, 3.05) is 19.3 Å². The molecule has 9 nitrogen and oxygen atoms in total. The van der Waals surface area contributed by atoms with Crippen LogP contribution in [0.25, 0.3) is 0 Å². The molecule has 0 bridgehead atoms. The van der Waals surface area contributed by atoms with Crippen molar-refractivity contribution >= 4 is 15.7 Å². The van der Waals surface area contributed by atoms with Crippen LogP contribution in [0.3, 0.4) is 0 Å². The first-order valence-corrected chi connectivity index (χ1v) is 14.0. The quantitative estimate of drug-likeness (QED) is 0.354. The highest BCUT2D eigenvalue weighted by Gasteiger charge is 2.31. The summed E-state index contributed by atoms with van der Waals surface area (Å²) in [7, 11) is -3.58. The molecular weight excluding hydrogens is 558 g/mol. The average Bonchev–Trinajstić information content (AvgIpc) is 2.87. The Labute approximate surface area is 227 Å². The van der Waals surface area contributed by atoms with Crippen LogP contribution in [0.2, 0.25) is 0 Å². The highest BCUT2D eigenvalue weighted by molar-refractivity contribution is 7.90. The third kappa shape index (κ3) is 7.58. The predicted octanol–water partition coefficient (Wildman–Crippen LogP) is 4.63. The average molecular weight is 584 g/mol. The summed E-state index contributed by atoms with van der Waals surface area (Å²) in [6, 6.07) is 8.45. The number of rotatable bonds is 8. The molecule has 214 valence electrons. The van der Waals surface area contributed by atoms with Gasteiger partial charge in [-0.3, -0.25) is 4.79 Å². The van der Waals surface area contributed by atoms with Gasteiger partial charge in [0.25, 0.3) is 0 Å². The summed E-state index contributed by atoms with van der Waals surface area (Å²) < 4.78 is 90.1. The standard InChI is InChI=1S/C26H25F4N3O6S/c1-16-24(31-15-32-25(16)38-22-8-7-20(14-21(22)27)40(2,35)36)37-18-9-11-33(12-10-18)23(34)13-17-3-5-19(6-4-17)39-26(28,29)30/h3-8,14-15,18H,9-13H2,1-2H3. The van der Waals surface area contributed by atoms with Gasteiger partial charge in [-0.25, -0.2) is 22.8 Å². The van der Waals surface area contributed by atoms with Crippen LogP contribution in [-0.4, -0.2) is 61.0 Å². The smallest absolute Gasteiger partial charge is 0.474 e. The van der Waals surface area contributed by atoms with Gasteiger partial charge in [0, 0.05) is 32.2 Å². The first kappa shape index (κ1) is 29.1. The summed E-state index contributed by atoms with van der Waals surface area (Å²) in [4.78, 5) is 22.3. The van der Waals surface area contributed by atoms with Crippen LogP contribution in [0.5, 0.6) is 23.3 Å². The van der Waals surface area contributed by atoms with Gasteiger partial charge < -0.3 is 19.1 Å². The second-order valence-electron chi connectivity index (χ2n) is 9.14. The van der Waals surface area contributed by atoms with Gasteiger partial charge in [0.2, 0.25) is 17.7 Å². The number of hydrogen-bond acceptors (Lipinski definition) is 8. The Morgan fingerprint density at radius 1 is 1.05 bits per heavy atom. The maximum absolute atomic E-state index is 14.4. The molecule has 0 saturated carbocycles. The van der Waals surface area contributed by atoms with Crippen molar-refractivity contribution in [1.82, 2.24) is 14.9 Å². The lowest BCUT2D eigenvalue weighted by molar-refractivity contribution is -0.274. The molecule has 0 atom stereocenters. The number of hydrogen-bond donors (Lipinski definition) is 0. The van der Waals surface area contributed by atoms with Crippen LogP contribution in [0, 0.1) is 12.7 Å². The molecule has 1 aliphatic rings. The molecule has 0 spiro atoms. The van der Waals surface area contributed by atoms with Crippen molar-refractivity contribution < 1.29 is 45.0 Å². The highest BCUT2D eigenvalue weighted by Crippen LogP contribution is 2.31. The second kappa shape index (κ2) is 11.7. The van der Waals surface area contributed by atoms with Gasteiger partial charge in [0.1, 0.15) is 18.2 Å². The van der Waals surface area contributed by atoms with E-state index in [-0.39, 0.29) is 46.6 Å². The van der Waals surface area contributed by atoms with Crippen molar-refractivity contribution in [2.24, 2.45) is 0 Å². The zero-order valence-electron chi connectivity index (χ0n) is 21.4. The Balaban J connectivity index is 1.32. The first-order chi connectivity index (χ1) is 18.8. The van der Waals surface area contributed by atoms with Crippen LogP contribution in [0.1, 0.15) is 24.0 Å². The van der Waals surface area contributed by atoms with Crippen LogP contribution in [0.4, 0.5) is 17.6 Å². The number of ether oxygens (including phenoxy) is 3. The molecule has 1 aromatic heterocycles. The molecule has 0 N–H and O–H groups in total. The lowest BCUT2D eigenvalue weighted by atomic mass is 10.1. The van der Waals surface area contributed by atoms with Crippen molar-refractivity contribution in [3.05, 3.63) is 65.7 Å². The summed E-state index contributed by atoms with van der Waals surface area (Å²) in [6.07, 6.45) is -1.84. The molecule has 0 aliphatic carbocycles. The Morgan fingerprint density at radius 2 is 1.70 bits per heavy atom. The van der Waals surface area contributed by atoms with Crippen molar-refractivity contribution in [1.29, 1.82) is 0 Å². The monoisotopic (exact) mass is 583 g/mol. The number of benzene rings is 2. The van der Waals surface area contributed by atoms with Crippen molar-refractivity contribution in [2.45, 2.75) is 43.5 Å². The Bertz CT molecular complexity index is 1470. The molecule has 1 amide bonds. The van der Waals surface area contributed by atoms with E-state index in [1.165, 1.54) is 30.6 Å². The molecule has 14 heteroatoms. The van der Waals surface area contributed by atoms with E-state index in [9.17, 15) is 30.8 Å². The van der Waals surface area contributed by atoms with Crippen molar-refractivity contribution in [3.63, 3.8) is 0 Å². The van der Waals surface area contributed by atoms with E-state index >= 15 is 0 Å². The summed E-state index contributed by atoms with van der Waals surface area (Å²) in [5.74, 6) is -1.34. The van der Waals surface area contributed by atoms with E-state index in [4.69, 9.17) is 9.47 Å². The fourth-order valence-electron chi connectivity index (χ4n) is 4.02. The zero-order valence-corrected chi connectivity index (χ0v) is 22.3. The normalized spacial score (nSPS) is 14.6. The number of carbonyl (C=O) groups is 1. The molecule has 2 heterocycles. The van der Waals surface area contributed by atoms with Crippen LogP contribution in [0.15, 0.2) is 53.7 Å². The molecule has 1 fully saturated rings. The summed E-state index contributed by atoms with van der Waals surface area (Å²) in [6.45, 7) is 2.45. The minimum absolute atomic E-state index is 0.0330. The number of likely N-dealkylation sites (tertiary alicyclic amines) is 1. The van der Waals surface area contributed by atoms with E-state index in [1.807, 2.05) is 0 Å². The van der Waals surface area contributed by atoms with Crippen molar-refractivity contribution in [3.8, 4) is 23.3 Å². The molecular formula is C26H25F4N3O6S. The van der Waals surface area contributed by atoms with Gasteiger partial charge in [0.15, 0.2) is 21.4 Å². The zero-order chi connectivity index (χ0) is 29.1. The van der Waals surface area contributed by atoms with Crippen LogP contribution < -0.4 is 14.2 Å². The summed E-state index contributed by atoms with van der Waals surface area (Å²) >= 11 is 0. The maximum atomic E-state index is 14.4. The van der Waals surface area contributed by atoms with Gasteiger partial charge in [-0.05, 0) is 42.8 Å². The number of alkyl halides is 3. The predicted molar refractivity (Wildman–Crippen MR) is 133 cm³/mol. The Morgan fingerprint density at radius 3 is 2.30 bits per heavy atom. The van der Waals surface area contributed by atoms with Gasteiger partial charge in [-0.15, -0.1) is 13.2 Å². The van der Waals surface area contributed by atoms with E-state index in [2.05, 4.69) is 14.7 Å². The third-order valence-electron chi connectivity index (χ3n) is 6.11. The van der Waals surface area contributed by atoms with Gasteiger partial charge in [0.05, 0.1) is 16.9 Å². The fourth-order valence-corrected chi connectivity index (χ4v) is 4.65. The number of halogens is 4. The van der Waals surface area contributed by atoms with Crippen LogP contribution >= 0.6 is 0 Å². The molecule has 40 heavy (non-hydrogen) atoms. The van der Waals surface area contributed by atoms with Crippen LogP contribution in [-0.2, 0) is 21.1 Å². The number of sulfone groups is 1. The largest absolute Gasteiger partial charge is 0.573 e. The lowest BCUT2D eigenvalue weighted by Gasteiger charge is -2.32. The SMILES string of the molecule is Cc1c(Oc2ccc(S(C)(=O)=O)cc2F)ncnc1OC1CCN(C(=O)Cc2ccc(OC(F)(F)F)cc2)CC1. The van der Waals surface area contributed by atoms with E-state index in [0.717, 1.165) is 24.5 Å². The number of nitrogens with zero attached hydrogens (tertiary/aromatic N) is 3. The number of aromatic nitrogens is 2. The molecule has 3 aromatic rings. The Hall–Kier alpha value is -3.94. The van der Waals surface area contributed by atoms with E-state index in [1.54, 1.807) is 11.8 Å². The Kier molecular flexibility index (Phi) is 8.47. The minimum atomic E-state index is -4.78. The number of amides is 1. The molecule has 1 aliphatic heterocycles. The summed E-state index contributed by atoms with van der Waals surface area (Å²) in [5.41, 5.74) is 0.968. The maximum Gasteiger partial charge on any atom is 0.573 e. The third-order valence-corrected chi connectivity index (χ3v) is 7.23. The van der Waals surface area contributed by atoms with Gasteiger partial charge in [-0.1, -0.05) is 12.1 Å². The summed E-state index contributed by atoms with van der Waals surface area (Å²) in [5, 5.41) is 0. The molecule has 2 aromatic carbocycles. The first-order valence-electron chi connectivity index (χ1n) is 12.1. The molecule has 0 radical (unpaired) electrons. The lowest BCUT2D eigenvalue weighted by Crippen LogP contribution is -2.42. The highest BCUT2D eigenvalue weighted by atomic mass is 32.2. The number of carbonyl (C=O) groups excluding carboxylic acids is 1. The number of piperidine rings is 1. The second-order valence-corrected chi connectivity index (χ2v) is 11.2. The van der Waals surface area contributed by atoms with Gasteiger partial charge >= 0.3 is 6.36 Å². The minimum Gasteiger partial charge on any atom is -0.474 e.